The molecule has 1 heteroatoms. The molecule has 11 aromatic rings. The van der Waals surface area contributed by atoms with Crippen molar-refractivity contribution >= 4 is 53.9 Å². The number of hydrogen-bond acceptors (Lipinski definition) is 1. The second-order valence-electron chi connectivity index (χ2n) is 14.8. The van der Waals surface area contributed by atoms with Crippen molar-refractivity contribution in [1.29, 1.82) is 0 Å². The van der Waals surface area contributed by atoms with Crippen LogP contribution in [0.4, 0.5) is 0 Å². The van der Waals surface area contributed by atoms with Crippen molar-refractivity contribution in [3.05, 3.63) is 194 Å². The van der Waals surface area contributed by atoms with Gasteiger partial charge in [-0.05, 0) is 129 Å². The van der Waals surface area contributed by atoms with Gasteiger partial charge >= 0.3 is 0 Å². The fraction of sp³-hybridized carbons (Fsp3) is 0. The molecule has 0 aromatic heterocycles. The Morgan fingerprint density at radius 3 is 1.49 bits per heavy atom. The van der Waals surface area contributed by atoms with Gasteiger partial charge in [0.15, 0.2) is 0 Å². The molecule has 0 saturated carbocycles. The molecule has 0 unspecified atom stereocenters. The van der Waals surface area contributed by atoms with Gasteiger partial charge in [-0.25, -0.2) is 0 Å². The van der Waals surface area contributed by atoms with E-state index in [1.807, 2.05) is 0 Å². The van der Waals surface area contributed by atoms with Gasteiger partial charge < -0.3 is 4.74 Å². The maximum absolute atomic E-state index is 6.61. The molecule has 12 rings (SSSR count). The number of hydrogen-bond donors (Lipinski definition) is 0. The summed E-state index contributed by atoms with van der Waals surface area (Å²) in [6.45, 7) is 0. The van der Waals surface area contributed by atoms with E-state index in [0.717, 1.165) is 17.1 Å². The third-order valence-corrected chi connectivity index (χ3v) is 11.8. The van der Waals surface area contributed by atoms with Crippen molar-refractivity contribution in [2.45, 2.75) is 0 Å². The van der Waals surface area contributed by atoms with Crippen LogP contribution in [-0.2, 0) is 0 Å². The molecule has 0 spiro atoms. The Hall–Kier alpha value is -7.22. The number of ether oxygens (including phenoxy) is 1. The van der Waals surface area contributed by atoms with Crippen LogP contribution in [0.3, 0.4) is 0 Å². The zero-order valence-electron chi connectivity index (χ0n) is 29.9. The van der Waals surface area contributed by atoms with E-state index in [1.54, 1.807) is 0 Å². The Kier molecular flexibility index (Phi) is 6.40. The van der Waals surface area contributed by atoms with Crippen molar-refractivity contribution in [2.75, 3.05) is 0 Å². The Morgan fingerprint density at radius 1 is 0.236 bits per heavy atom. The lowest BCUT2D eigenvalue weighted by molar-refractivity contribution is 0.487. The van der Waals surface area contributed by atoms with Crippen LogP contribution in [0.1, 0.15) is 0 Å². The summed E-state index contributed by atoms with van der Waals surface area (Å²) < 4.78 is 6.61. The number of benzene rings is 11. The molecule has 0 aliphatic carbocycles. The predicted molar refractivity (Wildman–Crippen MR) is 232 cm³/mol. The Bertz CT molecular complexity index is 3300. The summed E-state index contributed by atoms with van der Waals surface area (Å²) in [5.41, 5.74) is 12.1. The predicted octanol–water partition coefficient (Wildman–Crippen LogP) is 15.3. The van der Waals surface area contributed by atoms with E-state index in [4.69, 9.17) is 4.74 Å². The molecule has 1 aliphatic heterocycles. The highest BCUT2D eigenvalue weighted by molar-refractivity contribution is 6.26. The summed E-state index contributed by atoms with van der Waals surface area (Å²) in [6.07, 6.45) is 0. The van der Waals surface area contributed by atoms with Crippen LogP contribution in [0.15, 0.2) is 194 Å². The van der Waals surface area contributed by atoms with E-state index >= 15 is 0 Å². The van der Waals surface area contributed by atoms with Crippen LogP contribution in [0.25, 0.3) is 109 Å². The first-order valence-electron chi connectivity index (χ1n) is 19.0. The number of fused-ring (bicyclic) bond motifs is 3. The van der Waals surface area contributed by atoms with Gasteiger partial charge in [0.05, 0.1) is 0 Å². The van der Waals surface area contributed by atoms with Crippen LogP contribution in [-0.4, -0.2) is 0 Å². The number of rotatable bonds is 4. The van der Waals surface area contributed by atoms with Gasteiger partial charge in [-0.2, -0.15) is 0 Å². The van der Waals surface area contributed by atoms with Crippen LogP contribution >= 0.6 is 0 Å². The lowest BCUT2D eigenvalue weighted by Gasteiger charge is -2.23. The molecule has 0 atom stereocenters. The fourth-order valence-electron chi connectivity index (χ4n) is 9.32. The van der Waals surface area contributed by atoms with Gasteiger partial charge in [0.25, 0.3) is 0 Å². The minimum atomic E-state index is 0.891. The third kappa shape index (κ3) is 4.54. The minimum absolute atomic E-state index is 0.891. The highest BCUT2D eigenvalue weighted by atomic mass is 16.5. The Balaban J connectivity index is 0.997. The minimum Gasteiger partial charge on any atom is -0.456 e. The Morgan fingerprint density at radius 2 is 0.764 bits per heavy atom. The topological polar surface area (TPSA) is 9.23 Å². The summed E-state index contributed by atoms with van der Waals surface area (Å²) in [7, 11) is 0. The molecular weight excluding hydrogens is 665 g/mol. The smallest absolute Gasteiger partial charge is 0.135 e. The molecule has 254 valence electrons. The van der Waals surface area contributed by atoms with E-state index in [2.05, 4.69) is 194 Å². The van der Waals surface area contributed by atoms with Crippen molar-refractivity contribution in [2.24, 2.45) is 0 Å². The molecule has 1 nitrogen and oxygen atoms in total. The molecular formula is C54H32O. The molecule has 0 fully saturated rings. The van der Waals surface area contributed by atoms with Crippen LogP contribution < -0.4 is 4.74 Å². The first-order valence-corrected chi connectivity index (χ1v) is 19.0. The highest BCUT2D eigenvalue weighted by Gasteiger charge is 2.23. The SMILES string of the molecule is c1ccc(-c2ccc3c4c(cccc24)-c2cc(-c4ccc(-c5cc6ccc7ccc(-c8ccccc8)c8ccc(c5)c6c78)c5ccccc45)ccc2O3)cc1. The molecule has 11 aromatic carbocycles. The Labute approximate surface area is 318 Å². The third-order valence-electron chi connectivity index (χ3n) is 11.8. The van der Waals surface area contributed by atoms with E-state index in [9.17, 15) is 0 Å². The molecule has 1 aliphatic rings. The van der Waals surface area contributed by atoms with Gasteiger partial charge in [0, 0.05) is 10.9 Å². The van der Waals surface area contributed by atoms with E-state index in [-0.39, 0.29) is 0 Å². The first kappa shape index (κ1) is 30.3. The van der Waals surface area contributed by atoms with Crippen molar-refractivity contribution in [1.82, 2.24) is 0 Å². The zero-order valence-corrected chi connectivity index (χ0v) is 29.9. The fourth-order valence-corrected chi connectivity index (χ4v) is 9.32. The maximum Gasteiger partial charge on any atom is 0.135 e. The van der Waals surface area contributed by atoms with Gasteiger partial charge in [0.1, 0.15) is 11.5 Å². The van der Waals surface area contributed by atoms with Gasteiger partial charge in [-0.15, -0.1) is 0 Å². The second kappa shape index (κ2) is 11.6. The second-order valence-corrected chi connectivity index (χ2v) is 14.8. The highest BCUT2D eigenvalue weighted by Crippen LogP contribution is 2.50. The van der Waals surface area contributed by atoms with Gasteiger partial charge in [-0.1, -0.05) is 164 Å². The molecule has 0 bridgehead atoms. The lowest BCUT2D eigenvalue weighted by Crippen LogP contribution is -1.98. The largest absolute Gasteiger partial charge is 0.456 e. The monoisotopic (exact) mass is 696 g/mol. The molecule has 0 amide bonds. The van der Waals surface area contributed by atoms with Gasteiger partial charge in [0.2, 0.25) is 0 Å². The summed E-state index contributed by atoms with van der Waals surface area (Å²) in [5.74, 6) is 1.80. The van der Waals surface area contributed by atoms with Crippen molar-refractivity contribution < 1.29 is 4.74 Å². The zero-order chi connectivity index (χ0) is 36.0. The summed E-state index contributed by atoms with van der Waals surface area (Å²) >= 11 is 0. The van der Waals surface area contributed by atoms with Crippen LogP contribution in [0.2, 0.25) is 0 Å². The summed E-state index contributed by atoms with van der Waals surface area (Å²) in [6, 6.07) is 71.0. The molecule has 0 saturated heterocycles. The first-order chi connectivity index (χ1) is 27.3. The maximum atomic E-state index is 6.61. The standard InChI is InChI=1S/C54H32O/c1-3-10-33(11-4-1)40-23-20-35-18-19-37-30-39(31-38-21-24-48(40)53(35)52(37)38)43-26-25-42(44-14-7-8-15-45(43)44)36-22-28-50-49(32-36)47-17-9-16-46-41(34-12-5-2-6-13-34)27-29-51(55-50)54(46)47/h1-32H. The van der Waals surface area contributed by atoms with Crippen LogP contribution in [0.5, 0.6) is 11.5 Å². The molecule has 0 radical (unpaired) electrons. The van der Waals surface area contributed by atoms with Crippen LogP contribution in [0, 0.1) is 0 Å². The quantitative estimate of drug-likeness (QED) is 0.166. The summed E-state index contributed by atoms with van der Waals surface area (Å²) in [4.78, 5) is 0. The lowest BCUT2D eigenvalue weighted by atomic mass is 9.86. The van der Waals surface area contributed by atoms with Gasteiger partial charge in [-0.3, -0.25) is 0 Å². The molecule has 1 heterocycles. The van der Waals surface area contributed by atoms with E-state index < -0.39 is 0 Å². The average molecular weight is 697 g/mol. The average Bonchev–Trinajstić information content (AvgIpc) is 3.25. The van der Waals surface area contributed by atoms with Crippen molar-refractivity contribution in [3.8, 4) is 67.1 Å². The van der Waals surface area contributed by atoms with E-state index in [1.165, 1.54) is 104 Å². The molecule has 0 N–H and O–H groups in total. The van der Waals surface area contributed by atoms with Crippen molar-refractivity contribution in [3.63, 3.8) is 0 Å². The molecule has 55 heavy (non-hydrogen) atoms. The van der Waals surface area contributed by atoms with E-state index in [0.29, 0.717) is 0 Å². The summed E-state index contributed by atoms with van der Waals surface area (Å²) in [5, 5.41) is 12.6. The normalized spacial score (nSPS) is 12.1.